The van der Waals surface area contributed by atoms with Gasteiger partial charge in [-0.3, -0.25) is 4.79 Å². The molecule has 0 unspecified atom stereocenters. The molecule has 0 fully saturated rings. The third kappa shape index (κ3) is 3.46. The van der Waals surface area contributed by atoms with E-state index in [4.69, 9.17) is 11.6 Å². The summed E-state index contributed by atoms with van der Waals surface area (Å²) in [5, 5.41) is 5.64. The lowest BCUT2D eigenvalue weighted by atomic mass is 10.1. The molecule has 2 aromatic carbocycles. The Morgan fingerprint density at radius 3 is 2.74 bits per heavy atom. The Bertz CT molecular complexity index is 900. The van der Waals surface area contributed by atoms with E-state index in [2.05, 4.69) is 31.4 Å². The molecule has 1 heterocycles. The van der Waals surface area contributed by atoms with E-state index in [-0.39, 0.29) is 5.91 Å². The SMILES string of the molecule is Cc1c(C(=O)NN=Cc2ccc(Cl)cc2)[nH]c2ccc(Br)cc12. The highest BCUT2D eigenvalue weighted by molar-refractivity contribution is 9.10. The minimum Gasteiger partial charge on any atom is -0.350 e. The number of halogens is 2. The highest BCUT2D eigenvalue weighted by Crippen LogP contribution is 2.25. The molecule has 116 valence electrons. The van der Waals surface area contributed by atoms with Gasteiger partial charge in [0, 0.05) is 20.4 Å². The zero-order valence-corrected chi connectivity index (χ0v) is 14.6. The number of carbonyl (C=O) groups is 1. The van der Waals surface area contributed by atoms with Crippen LogP contribution in [0.3, 0.4) is 0 Å². The van der Waals surface area contributed by atoms with E-state index in [0.29, 0.717) is 10.7 Å². The van der Waals surface area contributed by atoms with Gasteiger partial charge in [-0.2, -0.15) is 5.10 Å². The van der Waals surface area contributed by atoms with Crippen LogP contribution in [0.4, 0.5) is 0 Å². The van der Waals surface area contributed by atoms with E-state index in [1.807, 2.05) is 37.3 Å². The summed E-state index contributed by atoms with van der Waals surface area (Å²) >= 11 is 9.26. The number of hydrogen-bond acceptors (Lipinski definition) is 2. The normalized spacial score (nSPS) is 11.3. The molecule has 0 atom stereocenters. The van der Waals surface area contributed by atoms with E-state index < -0.39 is 0 Å². The molecule has 0 radical (unpaired) electrons. The Morgan fingerprint density at radius 2 is 2.00 bits per heavy atom. The second-order valence-corrected chi connectivity index (χ2v) is 6.42. The fourth-order valence-corrected chi connectivity index (χ4v) is 2.78. The molecule has 6 heteroatoms. The summed E-state index contributed by atoms with van der Waals surface area (Å²) in [7, 11) is 0. The fourth-order valence-electron chi connectivity index (χ4n) is 2.30. The summed E-state index contributed by atoms with van der Waals surface area (Å²) in [6.45, 7) is 1.91. The number of H-pyrrole nitrogens is 1. The van der Waals surface area contributed by atoms with Crippen molar-refractivity contribution in [2.24, 2.45) is 5.10 Å². The number of fused-ring (bicyclic) bond motifs is 1. The molecule has 1 amide bonds. The number of aromatic nitrogens is 1. The van der Waals surface area contributed by atoms with Crippen molar-refractivity contribution in [1.82, 2.24) is 10.4 Å². The van der Waals surface area contributed by atoms with Crippen LogP contribution in [0.15, 0.2) is 52.0 Å². The van der Waals surface area contributed by atoms with Gasteiger partial charge < -0.3 is 4.98 Å². The highest BCUT2D eigenvalue weighted by atomic mass is 79.9. The second kappa shape index (κ2) is 6.56. The van der Waals surface area contributed by atoms with Gasteiger partial charge in [0.05, 0.1) is 6.21 Å². The number of aromatic amines is 1. The van der Waals surface area contributed by atoms with E-state index in [0.717, 1.165) is 26.5 Å². The monoisotopic (exact) mass is 389 g/mol. The van der Waals surface area contributed by atoms with Crippen molar-refractivity contribution in [1.29, 1.82) is 0 Å². The minimum atomic E-state index is -0.278. The molecule has 0 bridgehead atoms. The Labute approximate surface area is 146 Å². The van der Waals surface area contributed by atoms with E-state index in [1.54, 1.807) is 18.3 Å². The summed E-state index contributed by atoms with van der Waals surface area (Å²) in [4.78, 5) is 15.4. The number of nitrogens with zero attached hydrogens (tertiary/aromatic N) is 1. The smallest absolute Gasteiger partial charge is 0.288 e. The number of hydrogen-bond donors (Lipinski definition) is 2. The second-order valence-electron chi connectivity index (χ2n) is 5.07. The van der Waals surface area contributed by atoms with Crippen molar-refractivity contribution in [3.8, 4) is 0 Å². The highest BCUT2D eigenvalue weighted by Gasteiger charge is 2.14. The topological polar surface area (TPSA) is 57.2 Å². The van der Waals surface area contributed by atoms with Crippen LogP contribution in [-0.4, -0.2) is 17.1 Å². The molecule has 3 rings (SSSR count). The van der Waals surface area contributed by atoms with Crippen LogP contribution in [0, 0.1) is 6.92 Å². The number of nitrogens with one attached hydrogen (secondary N) is 2. The number of rotatable bonds is 3. The third-order valence-electron chi connectivity index (χ3n) is 3.50. The first-order valence-corrected chi connectivity index (χ1v) is 8.08. The van der Waals surface area contributed by atoms with Gasteiger partial charge in [-0.1, -0.05) is 39.7 Å². The Balaban J connectivity index is 1.78. The molecule has 0 aliphatic carbocycles. The first-order valence-electron chi connectivity index (χ1n) is 6.91. The molecule has 0 saturated heterocycles. The Morgan fingerprint density at radius 1 is 1.26 bits per heavy atom. The average Bonchev–Trinajstić information content (AvgIpc) is 2.86. The summed E-state index contributed by atoms with van der Waals surface area (Å²) in [6, 6.07) is 13.0. The molecule has 3 aromatic rings. The number of amides is 1. The van der Waals surface area contributed by atoms with Gasteiger partial charge in [-0.05, 0) is 48.4 Å². The standard InChI is InChI=1S/C17H13BrClN3O/c1-10-14-8-12(18)4-7-15(14)21-16(10)17(23)22-20-9-11-2-5-13(19)6-3-11/h2-9,21H,1H3,(H,22,23). The summed E-state index contributed by atoms with van der Waals surface area (Å²) in [5.41, 5.74) is 5.70. The summed E-state index contributed by atoms with van der Waals surface area (Å²) in [5.74, 6) is -0.278. The van der Waals surface area contributed by atoms with Crippen molar-refractivity contribution in [2.75, 3.05) is 0 Å². The average molecular weight is 391 g/mol. The maximum atomic E-state index is 12.3. The maximum absolute atomic E-state index is 12.3. The molecule has 4 nitrogen and oxygen atoms in total. The molecule has 0 spiro atoms. The van der Waals surface area contributed by atoms with Gasteiger partial charge in [0.2, 0.25) is 0 Å². The van der Waals surface area contributed by atoms with Gasteiger partial charge in [-0.25, -0.2) is 5.43 Å². The van der Waals surface area contributed by atoms with Crippen LogP contribution < -0.4 is 5.43 Å². The number of hydrazone groups is 1. The Kier molecular flexibility index (Phi) is 4.50. The summed E-state index contributed by atoms with van der Waals surface area (Å²) in [6.07, 6.45) is 1.57. The van der Waals surface area contributed by atoms with Crippen LogP contribution >= 0.6 is 27.5 Å². The van der Waals surface area contributed by atoms with Gasteiger partial charge in [0.1, 0.15) is 5.69 Å². The lowest BCUT2D eigenvalue weighted by molar-refractivity contribution is 0.0950. The first kappa shape index (κ1) is 15.8. The molecule has 23 heavy (non-hydrogen) atoms. The van der Waals surface area contributed by atoms with Crippen molar-refractivity contribution < 1.29 is 4.79 Å². The number of benzene rings is 2. The first-order chi connectivity index (χ1) is 11.0. The molecule has 0 aliphatic heterocycles. The zero-order chi connectivity index (χ0) is 16.4. The molecular formula is C17H13BrClN3O. The predicted molar refractivity (Wildman–Crippen MR) is 97.2 cm³/mol. The van der Waals surface area contributed by atoms with E-state index >= 15 is 0 Å². The van der Waals surface area contributed by atoms with Crippen LogP contribution in [-0.2, 0) is 0 Å². The van der Waals surface area contributed by atoms with Crippen molar-refractivity contribution in [3.63, 3.8) is 0 Å². The minimum absolute atomic E-state index is 0.278. The molecule has 1 aromatic heterocycles. The van der Waals surface area contributed by atoms with Gasteiger partial charge >= 0.3 is 0 Å². The summed E-state index contributed by atoms with van der Waals surface area (Å²) < 4.78 is 0.972. The van der Waals surface area contributed by atoms with E-state index in [1.165, 1.54) is 0 Å². The van der Waals surface area contributed by atoms with Crippen LogP contribution in [0.25, 0.3) is 10.9 Å². The lowest BCUT2D eigenvalue weighted by Gasteiger charge is -1.99. The van der Waals surface area contributed by atoms with E-state index in [9.17, 15) is 4.79 Å². The van der Waals surface area contributed by atoms with Crippen LogP contribution in [0.1, 0.15) is 21.6 Å². The quantitative estimate of drug-likeness (QED) is 0.496. The largest absolute Gasteiger partial charge is 0.350 e. The van der Waals surface area contributed by atoms with Gasteiger partial charge in [-0.15, -0.1) is 0 Å². The molecular weight excluding hydrogens is 378 g/mol. The van der Waals surface area contributed by atoms with Crippen molar-refractivity contribution >= 4 is 50.6 Å². The van der Waals surface area contributed by atoms with Gasteiger partial charge in [0.15, 0.2) is 0 Å². The Hall–Kier alpha value is -2.11. The van der Waals surface area contributed by atoms with Crippen LogP contribution in [0.2, 0.25) is 5.02 Å². The number of aryl methyl sites for hydroxylation is 1. The van der Waals surface area contributed by atoms with Crippen molar-refractivity contribution in [2.45, 2.75) is 6.92 Å². The van der Waals surface area contributed by atoms with Crippen LogP contribution in [0.5, 0.6) is 0 Å². The lowest BCUT2D eigenvalue weighted by Crippen LogP contribution is -2.18. The van der Waals surface area contributed by atoms with Gasteiger partial charge in [0.25, 0.3) is 5.91 Å². The maximum Gasteiger partial charge on any atom is 0.288 e. The number of carbonyl (C=O) groups excluding carboxylic acids is 1. The molecule has 0 aliphatic rings. The molecule has 0 saturated carbocycles. The predicted octanol–water partition coefficient (Wildman–Crippen LogP) is 4.66. The fraction of sp³-hybridized carbons (Fsp3) is 0.0588. The van der Waals surface area contributed by atoms with Crippen molar-refractivity contribution in [3.05, 3.63) is 68.8 Å². The molecule has 2 N–H and O–H groups in total. The zero-order valence-electron chi connectivity index (χ0n) is 12.2. The third-order valence-corrected chi connectivity index (χ3v) is 4.24.